The summed E-state index contributed by atoms with van der Waals surface area (Å²) in [5.41, 5.74) is 0. The van der Waals surface area contributed by atoms with Crippen molar-refractivity contribution in [1.29, 1.82) is 0 Å². The van der Waals surface area contributed by atoms with Gasteiger partial charge in [-0.15, -0.1) is 11.8 Å². The maximum atomic E-state index is 11.3. The first kappa shape index (κ1) is 12.4. The summed E-state index contributed by atoms with van der Waals surface area (Å²) >= 11 is 1.16. The van der Waals surface area contributed by atoms with E-state index >= 15 is 0 Å². The summed E-state index contributed by atoms with van der Waals surface area (Å²) in [5, 5.41) is 11.6. The van der Waals surface area contributed by atoms with Crippen LogP contribution in [-0.4, -0.2) is 34.0 Å². The second-order valence-corrected chi connectivity index (χ2v) is 5.95. The van der Waals surface area contributed by atoms with E-state index in [1.54, 1.807) is 13.8 Å². The number of amides is 1. The molecular weight excluding hydrogens is 214 g/mol. The van der Waals surface area contributed by atoms with Crippen LogP contribution in [0.2, 0.25) is 0 Å². The van der Waals surface area contributed by atoms with E-state index in [1.807, 2.05) is 0 Å². The van der Waals surface area contributed by atoms with E-state index in [1.165, 1.54) is 12.8 Å². The van der Waals surface area contributed by atoms with Crippen molar-refractivity contribution in [3.8, 4) is 0 Å². The highest BCUT2D eigenvalue weighted by Crippen LogP contribution is 2.28. The fraction of sp³-hybridized carbons (Fsp3) is 0.800. The van der Waals surface area contributed by atoms with E-state index in [2.05, 4.69) is 5.32 Å². The van der Waals surface area contributed by atoms with Crippen molar-refractivity contribution < 1.29 is 14.7 Å². The summed E-state index contributed by atoms with van der Waals surface area (Å²) in [6, 6.07) is 0. The van der Waals surface area contributed by atoms with Crippen LogP contribution >= 0.6 is 11.8 Å². The number of nitrogens with one attached hydrogen (secondary N) is 1. The normalized spacial score (nSPS) is 16.1. The van der Waals surface area contributed by atoms with Crippen molar-refractivity contribution in [1.82, 2.24) is 5.32 Å². The number of rotatable bonds is 6. The molecule has 4 nitrogen and oxygen atoms in total. The minimum atomic E-state index is -0.892. The van der Waals surface area contributed by atoms with Crippen LogP contribution in [0.1, 0.15) is 26.7 Å². The van der Waals surface area contributed by atoms with Gasteiger partial charge < -0.3 is 10.4 Å². The van der Waals surface area contributed by atoms with Gasteiger partial charge in [-0.2, -0.15) is 0 Å². The molecule has 1 aliphatic rings. The predicted octanol–water partition coefficient (Wildman–Crippen LogP) is 1.11. The van der Waals surface area contributed by atoms with Crippen LogP contribution in [0, 0.1) is 5.92 Å². The molecule has 1 fully saturated rings. The third-order valence-electron chi connectivity index (χ3n) is 2.36. The topological polar surface area (TPSA) is 66.4 Å². The Morgan fingerprint density at radius 1 is 1.47 bits per heavy atom. The van der Waals surface area contributed by atoms with E-state index in [-0.39, 0.29) is 11.7 Å². The lowest BCUT2D eigenvalue weighted by Gasteiger charge is -2.17. The van der Waals surface area contributed by atoms with Crippen LogP contribution in [0.5, 0.6) is 0 Å². The zero-order valence-electron chi connectivity index (χ0n) is 9.08. The summed E-state index contributed by atoms with van der Waals surface area (Å²) in [6.45, 7) is 3.95. The number of thioether (sulfide) groups is 1. The van der Waals surface area contributed by atoms with Crippen molar-refractivity contribution in [2.45, 2.75) is 31.4 Å². The fourth-order valence-electron chi connectivity index (χ4n) is 0.939. The highest BCUT2D eigenvalue weighted by molar-refractivity contribution is 8.01. The lowest BCUT2D eigenvalue weighted by atomic mass is 10.2. The second kappa shape index (κ2) is 4.88. The molecule has 1 aliphatic carbocycles. The SMILES string of the molecule is CC(C)(SCC(=O)NCC1CC1)C(=O)O. The summed E-state index contributed by atoms with van der Waals surface area (Å²) in [4.78, 5) is 22.1. The van der Waals surface area contributed by atoms with Gasteiger partial charge in [0.05, 0.1) is 5.75 Å². The highest BCUT2D eigenvalue weighted by atomic mass is 32.2. The molecule has 0 aromatic carbocycles. The van der Waals surface area contributed by atoms with Crippen LogP contribution in [-0.2, 0) is 9.59 Å². The third-order valence-corrected chi connectivity index (χ3v) is 3.67. The molecule has 2 N–H and O–H groups in total. The molecule has 15 heavy (non-hydrogen) atoms. The monoisotopic (exact) mass is 231 g/mol. The average Bonchev–Trinajstić information content (AvgIpc) is 2.94. The molecule has 0 unspecified atom stereocenters. The lowest BCUT2D eigenvalue weighted by Crippen LogP contribution is -2.32. The van der Waals surface area contributed by atoms with Crippen molar-refractivity contribution in [2.24, 2.45) is 5.92 Å². The second-order valence-electron chi connectivity index (χ2n) is 4.35. The Balaban J connectivity index is 2.17. The number of carbonyl (C=O) groups is 2. The van der Waals surface area contributed by atoms with Gasteiger partial charge in [0.2, 0.25) is 5.91 Å². The Hall–Kier alpha value is -0.710. The zero-order chi connectivity index (χ0) is 11.5. The van der Waals surface area contributed by atoms with E-state index in [9.17, 15) is 9.59 Å². The van der Waals surface area contributed by atoms with Gasteiger partial charge in [0.25, 0.3) is 0 Å². The van der Waals surface area contributed by atoms with Gasteiger partial charge in [-0.05, 0) is 32.6 Å². The Morgan fingerprint density at radius 3 is 2.53 bits per heavy atom. The fourth-order valence-corrected chi connectivity index (χ4v) is 1.66. The molecule has 1 saturated carbocycles. The molecule has 86 valence electrons. The Labute approximate surface area is 93.8 Å². The van der Waals surface area contributed by atoms with Crippen LogP contribution in [0.25, 0.3) is 0 Å². The molecule has 0 aromatic rings. The largest absolute Gasteiger partial charge is 0.480 e. The van der Waals surface area contributed by atoms with E-state index in [0.717, 1.165) is 18.3 Å². The molecule has 5 heteroatoms. The minimum absolute atomic E-state index is 0.0683. The van der Waals surface area contributed by atoms with Crippen molar-refractivity contribution in [3.05, 3.63) is 0 Å². The Bertz CT molecular complexity index is 261. The maximum absolute atomic E-state index is 11.3. The molecule has 0 bridgehead atoms. The highest BCUT2D eigenvalue weighted by Gasteiger charge is 2.28. The van der Waals surface area contributed by atoms with Crippen LogP contribution < -0.4 is 5.32 Å². The van der Waals surface area contributed by atoms with Gasteiger partial charge in [-0.3, -0.25) is 9.59 Å². The first-order chi connectivity index (χ1) is 6.92. The molecule has 0 spiro atoms. The molecule has 1 amide bonds. The Kier molecular flexibility index (Phi) is 4.02. The molecule has 1 rings (SSSR count). The smallest absolute Gasteiger partial charge is 0.319 e. The molecule has 0 radical (unpaired) electrons. The molecular formula is C10H17NO3S. The van der Waals surface area contributed by atoms with Gasteiger partial charge in [0.15, 0.2) is 0 Å². The van der Waals surface area contributed by atoms with E-state index in [4.69, 9.17) is 5.11 Å². The number of carboxylic acid groups (broad SMARTS) is 1. The minimum Gasteiger partial charge on any atom is -0.480 e. The molecule has 0 aliphatic heterocycles. The molecule has 0 saturated heterocycles. The summed E-state index contributed by atoms with van der Waals surface area (Å²) in [5.74, 6) is -0.0819. The van der Waals surface area contributed by atoms with Crippen LogP contribution in [0.4, 0.5) is 0 Å². The third kappa shape index (κ3) is 4.55. The maximum Gasteiger partial charge on any atom is 0.319 e. The molecule has 0 heterocycles. The number of aliphatic carboxylic acids is 1. The standard InChI is InChI=1S/C10H17NO3S/c1-10(2,9(13)14)15-6-8(12)11-5-7-3-4-7/h7H,3-6H2,1-2H3,(H,11,12)(H,13,14). The average molecular weight is 231 g/mol. The number of carboxylic acids is 1. The lowest BCUT2D eigenvalue weighted by molar-refractivity contribution is -0.138. The first-order valence-corrected chi connectivity index (χ1v) is 6.04. The van der Waals surface area contributed by atoms with E-state index in [0.29, 0.717) is 5.92 Å². The zero-order valence-corrected chi connectivity index (χ0v) is 9.89. The van der Waals surface area contributed by atoms with Crippen LogP contribution in [0.3, 0.4) is 0 Å². The van der Waals surface area contributed by atoms with Crippen molar-refractivity contribution in [2.75, 3.05) is 12.3 Å². The van der Waals surface area contributed by atoms with Gasteiger partial charge in [0.1, 0.15) is 4.75 Å². The summed E-state index contributed by atoms with van der Waals surface area (Å²) in [7, 11) is 0. The van der Waals surface area contributed by atoms with Crippen molar-refractivity contribution in [3.63, 3.8) is 0 Å². The van der Waals surface area contributed by atoms with Gasteiger partial charge in [0, 0.05) is 6.54 Å². The number of hydrogen-bond donors (Lipinski definition) is 2. The summed E-state index contributed by atoms with van der Waals surface area (Å²) in [6.07, 6.45) is 2.40. The quantitative estimate of drug-likeness (QED) is 0.718. The Morgan fingerprint density at radius 2 is 2.07 bits per heavy atom. The summed E-state index contributed by atoms with van der Waals surface area (Å²) < 4.78 is -0.892. The van der Waals surface area contributed by atoms with Gasteiger partial charge in [-0.25, -0.2) is 0 Å². The van der Waals surface area contributed by atoms with Crippen LogP contribution in [0.15, 0.2) is 0 Å². The van der Waals surface area contributed by atoms with Gasteiger partial charge in [-0.1, -0.05) is 0 Å². The molecule has 0 aromatic heterocycles. The predicted molar refractivity (Wildman–Crippen MR) is 59.9 cm³/mol. The van der Waals surface area contributed by atoms with Gasteiger partial charge >= 0.3 is 5.97 Å². The number of hydrogen-bond acceptors (Lipinski definition) is 3. The molecule has 0 atom stereocenters. The van der Waals surface area contributed by atoms with E-state index < -0.39 is 10.7 Å². The van der Waals surface area contributed by atoms with Crippen molar-refractivity contribution >= 4 is 23.6 Å². The number of carbonyl (C=O) groups excluding carboxylic acids is 1. The first-order valence-electron chi connectivity index (χ1n) is 5.06.